The van der Waals surface area contributed by atoms with Gasteiger partial charge in [0.05, 0.1) is 6.61 Å². The zero-order valence-electron chi connectivity index (χ0n) is 13.5. The number of esters is 1. The smallest absolute Gasteiger partial charge is 0.352 e. The molecular formula is C16H25NO5. The van der Waals surface area contributed by atoms with Gasteiger partial charge in [-0.25, -0.2) is 4.79 Å². The highest BCUT2D eigenvalue weighted by Gasteiger charge is 2.50. The summed E-state index contributed by atoms with van der Waals surface area (Å²) in [7, 11) is 0. The van der Waals surface area contributed by atoms with Crippen LogP contribution in [0.1, 0.15) is 52.9 Å². The van der Waals surface area contributed by atoms with E-state index in [9.17, 15) is 14.4 Å². The third-order valence-corrected chi connectivity index (χ3v) is 3.82. The van der Waals surface area contributed by atoms with Gasteiger partial charge >= 0.3 is 11.9 Å². The SMILES string of the molecule is CC(=O)OCCCCC/C=C(\NC(=O)C1CC1(C)C)C(=O)O. The Morgan fingerprint density at radius 2 is 1.91 bits per heavy atom. The lowest BCUT2D eigenvalue weighted by atomic mass is 10.1. The van der Waals surface area contributed by atoms with Gasteiger partial charge in [0.25, 0.3) is 0 Å². The van der Waals surface area contributed by atoms with Crippen LogP contribution in [0.5, 0.6) is 0 Å². The number of rotatable bonds is 9. The Balaban J connectivity index is 2.29. The lowest BCUT2D eigenvalue weighted by Gasteiger charge is -2.07. The molecular weight excluding hydrogens is 286 g/mol. The Bertz CT molecular complexity index is 467. The van der Waals surface area contributed by atoms with Gasteiger partial charge < -0.3 is 15.2 Å². The van der Waals surface area contributed by atoms with E-state index < -0.39 is 5.97 Å². The summed E-state index contributed by atoms with van der Waals surface area (Å²) in [5.41, 5.74) is -0.0718. The summed E-state index contributed by atoms with van der Waals surface area (Å²) in [6.07, 6.45) is 5.26. The third-order valence-electron chi connectivity index (χ3n) is 3.82. The van der Waals surface area contributed by atoms with E-state index in [1.807, 2.05) is 13.8 Å². The molecule has 1 fully saturated rings. The largest absolute Gasteiger partial charge is 0.477 e. The third kappa shape index (κ3) is 6.28. The van der Waals surface area contributed by atoms with E-state index in [0.29, 0.717) is 13.0 Å². The highest BCUT2D eigenvalue weighted by atomic mass is 16.5. The van der Waals surface area contributed by atoms with Crippen LogP contribution in [-0.4, -0.2) is 29.6 Å². The fraction of sp³-hybridized carbons (Fsp3) is 0.688. The molecule has 1 atom stereocenters. The minimum atomic E-state index is -1.12. The van der Waals surface area contributed by atoms with Crippen molar-refractivity contribution in [2.24, 2.45) is 11.3 Å². The summed E-state index contributed by atoms with van der Waals surface area (Å²) in [4.78, 5) is 33.6. The molecule has 0 bridgehead atoms. The molecule has 124 valence electrons. The first-order chi connectivity index (χ1) is 10.2. The molecule has 1 amide bonds. The summed E-state index contributed by atoms with van der Waals surface area (Å²) < 4.78 is 4.81. The maximum absolute atomic E-state index is 11.9. The molecule has 0 heterocycles. The first kappa shape index (κ1) is 18.2. The highest BCUT2D eigenvalue weighted by molar-refractivity contribution is 5.94. The number of carboxylic acids is 1. The molecule has 0 aliphatic heterocycles. The van der Waals surface area contributed by atoms with Crippen molar-refractivity contribution < 1.29 is 24.2 Å². The van der Waals surface area contributed by atoms with E-state index in [-0.39, 0.29) is 28.9 Å². The molecule has 1 saturated carbocycles. The monoisotopic (exact) mass is 311 g/mol. The van der Waals surface area contributed by atoms with Crippen molar-refractivity contribution in [1.82, 2.24) is 5.32 Å². The number of hydrogen-bond donors (Lipinski definition) is 2. The van der Waals surface area contributed by atoms with Gasteiger partial charge in [0.1, 0.15) is 5.70 Å². The Morgan fingerprint density at radius 3 is 2.41 bits per heavy atom. The summed E-state index contributed by atoms with van der Waals surface area (Å²) in [5, 5.41) is 11.6. The predicted octanol–water partition coefficient (Wildman–Crippen LogP) is 2.24. The second kappa shape index (κ2) is 7.96. The molecule has 0 radical (unpaired) electrons. The van der Waals surface area contributed by atoms with Crippen LogP contribution in [0.15, 0.2) is 11.8 Å². The van der Waals surface area contributed by atoms with E-state index in [0.717, 1.165) is 25.7 Å². The van der Waals surface area contributed by atoms with Crippen LogP contribution in [0, 0.1) is 11.3 Å². The molecule has 6 nitrogen and oxygen atoms in total. The number of carbonyl (C=O) groups excluding carboxylic acids is 2. The second-order valence-electron chi connectivity index (χ2n) is 6.35. The highest BCUT2D eigenvalue weighted by Crippen LogP contribution is 2.51. The Hall–Kier alpha value is -1.85. The van der Waals surface area contributed by atoms with Crippen molar-refractivity contribution in [3.05, 3.63) is 11.8 Å². The predicted molar refractivity (Wildman–Crippen MR) is 80.9 cm³/mol. The molecule has 0 aromatic heterocycles. The molecule has 2 N–H and O–H groups in total. The van der Waals surface area contributed by atoms with E-state index >= 15 is 0 Å². The van der Waals surface area contributed by atoms with Crippen molar-refractivity contribution in [2.75, 3.05) is 6.61 Å². The molecule has 1 rings (SSSR count). The fourth-order valence-electron chi connectivity index (χ4n) is 2.21. The van der Waals surface area contributed by atoms with Crippen LogP contribution in [0.3, 0.4) is 0 Å². The Morgan fingerprint density at radius 1 is 1.27 bits per heavy atom. The second-order valence-corrected chi connectivity index (χ2v) is 6.35. The number of aliphatic carboxylic acids is 1. The number of unbranched alkanes of at least 4 members (excludes halogenated alkanes) is 3. The van der Waals surface area contributed by atoms with Crippen LogP contribution < -0.4 is 5.32 Å². The van der Waals surface area contributed by atoms with Crippen molar-refractivity contribution in [3.8, 4) is 0 Å². The van der Waals surface area contributed by atoms with Gasteiger partial charge in [0.2, 0.25) is 5.91 Å². The molecule has 0 aromatic carbocycles. The van der Waals surface area contributed by atoms with E-state index in [2.05, 4.69) is 5.32 Å². The standard InChI is InChI=1S/C16H25NO5/c1-11(18)22-9-7-5-4-6-8-13(15(20)21)17-14(19)12-10-16(12,2)3/h8,12H,4-7,9-10H2,1-3H3,(H,17,19)(H,20,21)/b13-8-. The zero-order chi connectivity index (χ0) is 16.8. The molecule has 22 heavy (non-hydrogen) atoms. The fourth-order valence-corrected chi connectivity index (χ4v) is 2.21. The molecule has 0 saturated heterocycles. The Kier molecular flexibility index (Phi) is 6.59. The number of carboxylic acid groups (broad SMARTS) is 1. The van der Waals surface area contributed by atoms with Crippen LogP contribution in [-0.2, 0) is 19.1 Å². The van der Waals surface area contributed by atoms with E-state index in [4.69, 9.17) is 9.84 Å². The van der Waals surface area contributed by atoms with Crippen LogP contribution in [0.2, 0.25) is 0 Å². The van der Waals surface area contributed by atoms with Gasteiger partial charge in [0.15, 0.2) is 0 Å². The average Bonchev–Trinajstić information content (AvgIpc) is 3.04. The minimum absolute atomic E-state index is 0.0234. The number of amides is 1. The van der Waals surface area contributed by atoms with Gasteiger partial charge in [-0.15, -0.1) is 0 Å². The first-order valence-electron chi connectivity index (χ1n) is 7.61. The average molecular weight is 311 g/mol. The minimum Gasteiger partial charge on any atom is -0.477 e. The maximum Gasteiger partial charge on any atom is 0.352 e. The number of nitrogens with one attached hydrogen (secondary N) is 1. The van der Waals surface area contributed by atoms with Crippen molar-refractivity contribution in [3.63, 3.8) is 0 Å². The van der Waals surface area contributed by atoms with Crippen molar-refractivity contribution in [2.45, 2.75) is 52.9 Å². The number of hydrogen-bond acceptors (Lipinski definition) is 4. The maximum atomic E-state index is 11.9. The molecule has 1 unspecified atom stereocenters. The van der Waals surface area contributed by atoms with Crippen LogP contribution >= 0.6 is 0 Å². The summed E-state index contributed by atoms with van der Waals surface area (Å²) >= 11 is 0. The number of ether oxygens (including phenoxy) is 1. The molecule has 0 aromatic rings. The number of allylic oxidation sites excluding steroid dienone is 1. The molecule has 1 aliphatic carbocycles. The van der Waals surface area contributed by atoms with Gasteiger partial charge in [-0.05, 0) is 37.5 Å². The van der Waals surface area contributed by atoms with Crippen LogP contribution in [0.25, 0.3) is 0 Å². The number of carbonyl (C=O) groups is 3. The summed E-state index contributed by atoms with van der Waals surface area (Å²) in [5.74, 6) is -1.72. The van der Waals surface area contributed by atoms with Crippen molar-refractivity contribution >= 4 is 17.8 Å². The lowest BCUT2D eigenvalue weighted by molar-refractivity contribution is -0.141. The van der Waals surface area contributed by atoms with E-state index in [1.54, 1.807) is 6.08 Å². The topological polar surface area (TPSA) is 92.7 Å². The Labute approximate surface area is 130 Å². The van der Waals surface area contributed by atoms with Gasteiger partial charge in [-0.3, -0.25) is 9.59 Å². The molecule has 1 aliphatic rings. The van der Waals surface area contributed by atoms with Crippen LogP contribution in [0.4, 0.5) is 0 Å². The van der Waals surface area contributed by atoms with E-state index in [1.165, 1.54) is 6.92 Å². The molecule has 0 spiro atoms. The first-order valence-corrected chi connectivity index (χ1v) is 7.61. The normalized spacial score (nSPS) is 19.4. The summed E-state index contributed by atoms with van der Waals surface area (Å²) in [6, 6.07) is 0. The quantitative estimate of drug-likeness (QED) is 0.387. The molecule has 6 heteroatoms. The zero-order valence-corrected chi connectivity index (χ0v) is 13.5. The lowest BCUT2D eigenvalue weighted by Crippen LogP contribution is -2.29. The van der Waals surface area contributed by atoms with Gasteiger partial charge in [0, 0.05) is 12.8 Å². The van der Waals surface area contributed by atoms with Gasteiger partial charge in [-0.2, -0.15) is 0 Å². The summed E-state index contributed by atoms with van der Waals surface area (Å²) in [6.45, 7) is 5.74. The van der Waals surface area contributed by atoms with Crippen molar-refractivity contribution in [1.29, 1.82) is 0 Å². The van der Waals surface area contributed by atoms with Gasteiger partial charge in [-0.1, -0.05) is 19.9 Å².